The minimum Gasteiger partial charge on any atom is -0.198 e. The summed E-state index contributed by atoms with van der Waals surface area (Å²) in [4.78, 5) is 0. The predicted octanol–water partition coefficient (Wildman–Crippen LogP) is 3.92. The first-order valence-electron chi connectivity index (χ1n) is 6.44. The van der Waals surface area contributed by atoms with E-state index in [2.05, 4.69) is 15.3 Å². The molecule has 0 aliphatic heterocycles. The molecule has 2 heterocycles. The van der Waals surface area contributed by atoms with Crippen molar-refractivity contribution in [2.45, 2.75) is 19.0 Å². The molecule has 0 unspecified atom stereocenters. The van der Waals surface area contributed by atoms with Crippen molar-refractivity contribution in [3.05, 3.63) is 47.8 Å². The molecule has 0 atom stereocenters. The van der Waals surface area contributed by atoms with Crippen molar-refractivity contribution < 1.29 is 22.0 Å². The Kier molecular flexibility index (Phi) is 3.31. The van der Waals surface area contributed by atoms with Crippen LogP contribution in [-0.2, 0) is 12.1 Å². The molecule has 4 nitrogen and oxygen atoms in total. The van der Waals surface area contributed by atoms with Gasteiger partial charge < -0.3 is 0 Å². The van der Waals surface area contributed by atoms with Crippen LogP contribution in [0.1, 0.15) is 18.3 Å². The predicted molar refractivity (Wildman–Crippen MR) is 70.8 cm³/mol. The molecule has 9 heteroatoms. The van der Waals surface area contributed by atoms with Crippen LogP contribution in [0, 0.1) is 0 Å². The largest absolute Gasteiger partial charge is 0.416 e. The zero-order valence-corrected chi connectivity index (χ0v) is 11.6. The van der Waals surface area contributed by atoms with Gasteiger partial charge in [0, 0.05) is 12.5 Å². The maximum atomic E-state index is 13.4. The Labute approximate surface area is 126 Å². The first-order valence-corrected chi connectivity index (χ1v) is 6.44. The van der Waals surface area contributed by atoms with Crippen molar-refractivity contribution in [3.63, 3.8) is 0 Å². The van der Waals surface area contributed by atoms with E-state index in [1.165, 1.54) is 24.3 Å². The molecule has 2 aromatic heterocycles. The third-order valence-corrected chi connectivity index (χ3v) is 3.16. The highest BCUT2D eigenvalue weighted by Gasteiger charge is 2.32. The van der Waals surface area contributed by atoms with Gasteiger partial charge in [0.1, 0.15) is 0 Å². The fourth-order valence-corrected chi connectivity index (χ4v) is 2.05. The van der Waals surface area contributed by atoms with Gasteiger partial charge in [0.05, 0.1) is 11.3 Å². The Balaban J connectivity index is 2.07. The van der Waals surface area contributed by atoms with E-state index in [1.54, 1.807) is 0 Å². The second-order valence-corrected chi connectivity index (χ2v) is 4.98. The molecule has 3 aromatic rings. The highest BCUT2D eigenvalue weighted by Crippen LogP contribution is 2.31. The van der Waals surface area contributed by atoms with Crippen LogP contribution in [0.25, 0.3) is 16.9 Å². The maximum Gasteiger partial charge on any atom is 0.416 e. The van der Waals surface area contributed by atoms with Crippen molar-refractivity contribution in [3.8, 4) is 11.3 Å². The van der Waals surface area contributed by atoms with E-state index >= 15 is 0 Å². The summed E-state index contributed by atoms with van der Waals surface area (Å²) in [6.07, 6.45) is -4.44. The van der Waals surface area contributed by atoms with E-state index < -0.39 is 23.5 Å². The van der Waals surface area contributed by atoms with Crippen LogP contribution in [0.5, 0.6) is 0 Å². The van der Waals surface area contributed by atoms with Gasteiger partial charge in [-0.25, -0.2) is 0 Å². The molecule has 23 heavy (non-hydrogen) atoms. The van der Waals surface area contributed by atoms with E-state index in [-0.39, 0.29) is 11.3 Å². The third-order valence-electron chi connectivity index (χ3n) is 3.16. The second kappa shape index (κ2) is 4.97. The molecule has 0 aliphatic rings. The lowest BCUT2D eigenvalue weighted by Crippen LogP contribution is -2.14. The van der Waals surface area contributed by atoms with Crippen molar-refractivity contribution in [2.24, 2.45) is 0 Å². The molecule has 0 amide bonds. The van der Waals surface area contributed by atoms with Gasteiger partial charge in [0.15, 0.2) is 5.65 Å². The summed E-state index contributed by atoms with van der Waals surface area (Å²) in [5, 5.41) is 11.0. The van der Waals surface area contributed by atoms with E-state index in [4.69, 9.17) is 0 Å². The van der Waals surface area contributed by atoms with Crippen LogP contribution < -0.4 is 0 Å². The molecular weight excluding hydrogens is 319 g/mol. The fourth-order valence-electron chi connectivity index (χ4n) is 2.05. The number of rotatable bonds is 2. The third kappa shape index (κ3) is 2.86. The standard InChI is InChI=1S/C14H9F5N4/c1-13(15,16)12-21-20-11-7-6-10(22-23(11)12)8-2-4-9(5-3-8)14(17,18)19/h2-7H,1H3. The van der Waals surface area contributed by atoms with Crippen LogP contribution in [0.3, 0.4) is 0 Å². The van der Waals surface area contributed by atoms with Crippen LogP contribution in [-0.4, -0.2) is 19.8 Å². The first kappa shape index (κ1) is 15.3. The van der Waals surface area contributed by atoms with Gasteiger partial charge in [-0.15, -0.1) is 10.2 Å². The number of alkyl halides is 5. The Morgan fingerprint density at radius 1 is 0.870 bits per heavy atom. The monoisotopic (exact) mass is 328 g/mol. The Bertz CT molecular complexity index is 846. The van der Waals surface area contributed by atoms with Gasteiger partial charge in [-0.05, 0) is 24.3 Å². The number of nitrogens with zero attached hydrogens (tertiary/aromatic N) is 4. The first-order chi connectivity index (χ1) is 10.7. The van der Waals surface area contributed by atoms with Crippen molar-refractivity contribution >= 4 is 5.65 Å². The van der Waals surface area contributed by atoms with Crippen LogP contribution in [0.2, 0.25) is 0 Å². The van der Waals surface area contributed by atoms with E-state index in [1.807, 2.05) is 0 Å². The Hall–Kier alpha value is -2.58. The molecule has 0 saturated heterocycles. The summed E-state index contributed by atoms with van der Waals surface area (Å²) in [6.45, 7) is 0.663. The lowest BCUT2D eigenvalue weighted by atomic mass is 10.1. The molecule has 3 rings (SSSR count). The Morgan fingerprint density at radius 2 is 1.52 bits per heavy atom. The van der Waals surface area contributed by atoms with Gasteiger partial charge in [-0.1, -0.05) is 12.1 Å². The van der Waals surface area contributed by atoms with E-state index in [0.29, 0.717) is 12.5 Å². The summed E-state index contributed by atoms with van der Waals surface area (Å²) in [7, 11) is 0. The maximum absolute atomic E-state index is 13.4. The number of aromatic nitrogens is 4. The average molecular weight is 328 g/mol. The normalized spacial score (nSPS) is 12.8. The molecule has 120 valence electrons. The molecular formula is C14H9F5N4. The van der Waals surface area contributed by atoms with Gasteiger partial charge in [0.25, 0.3) is 0 Å². The average Bonchev–Trinajstić information content (AvgIpc) is 2.89. The number of hydrogen-bond acceptors (Lipinski definition) is 3. The minimum absolute atomic E-state index is 0.122. The number of benzene rings is 1. The summed E-state index contributed by atoms with van der Waals surface area (Å²) >= 11 is 0. The minimum atomic E-state index is -4.44. The fraction of sp³-hybridized carbons (Fsp3) is 0.214. The number of hydrogen-bond donors (Lipinski definition) is 0. The summed E-state index contributed by atoms with van der Waals surface area (Å²) < 4.78 is 65.4. The van der Waals surface area contributed by atoms with Crippen LogP contribution in [0.15, 0.2) is 36.4 Å². The molecule has 0 N–H and O–H groups in total. The van der Waals surface area contributed by atoms with Gasteiger partial charge in [-0.2, -0.15) is 31.6 Å². The number of halogens is 5. The van der Waals surface area contributed by atoms with Crippen LogP contribution >= 0.6 is 0 Å². The van der Waals surface area contributed by atoms with Crippen molar-refractivity contribution in [1.29, 1.82) is 0 Å². The topological polar surface area (TPSA) is 43.1 Å². The molecule has 0 aliphatic carbocycles. The lowest BCUT2D eigenvalue weighted by molar-refractivity contribution is -0.137. The molecule has 0 spiro atoms. The zero-order valence-electron chi connectivity index (χ0n) is 11.6. The molecule has 0 bridgehead atoms. The Morgan fingerprint density at radius 3 is 2.09 bits per heavy atom. The van der Waals surface area contributed by atoms with Crippen LogP contribution in [0.4, 0.5) is 22.0 Å². The summed E-state index contributed by atoms with van der Waals surface area (Å²) in [6, 6.07) is 7.16. The zero-order chi connectivity index (χ0) is 16.8. The van der Waals surface area contributed by atoms with Crippen molar-refractivity contribution in [1.82, 2.24) is 19.8 Å². The lowest BCUT2D eigenvalue weighted by Gasteiger charge is -2.09. The van der Waals surface area contributed by atoms with Gasteiger partial charge in [-0.3, -0.25) is 0 Å². The van der Waals surface area contributed by atoms with Crippen molar-refractivity contribution in [2.75, 3.05) is 0 Å². The molecule has 1 aromatic carbocycles. The second-order valence-electron chi connectivity index (χ2n) is 4.98. The highest BCUT2D eigenvalue weighted by atomic mass is 19.4. The highest BCUT2D eigenvalue weighted by molar-refractivity contribution is 5.60. The van der Waals surface area contributed by atoms with Gasteiger partial charge >= 0.3 is 12.1 Å². The molecule has 0 fully saturated rings. The number of fused-ring (bicyclic) bond motifs is 1. The quantitative estimate of drug-likeness (QED) is 0.670. The smallest absolute Gasteiger partial charge is 0.198 e. The van der Waals surface area contributed by atoms with E-state index in [0.717, 1.165) is 16.6 Å². The summed E-state index contributed by atoms with van der Waals surface area (Å²) in [5.74, 6) is -3.88. The van der Waals surface area contributed by atoms with Gasteiger partial charge in [0.2, 0.25) is 5.82 Å². The van der Waals surface area contributed by atoms with E-state index in [9.17, 15) is 22.0 Å². The SMILES string of the molecule is CC(F)(F)c1nnc2ccc(-c3ccc(C(F)(F)F)cc3)nn12. The molecule has 0 radical (unpaired) electrons. The summed E-state index contributed by atoms with van der Waals surface area (Å²) in [5.41, 5.74) is -0.0833. The molecule has 0 saturated carbocycles.